The smallest absolute Gasteiger partial charge is 0.252 e. The summed E-state index contributed by atoms with van der Waals surface area (Å²) in [6.45, 7) is 7.22. The molecule has 5 nitrogen and oxygen atoms in total. The molecule has 3 rings (SSSR count). The number of hydrogen-bond acceptors (Lipinski definition) is 3. The minimum Gasteiger partial charge on any atom is -0.370 e. The number of morpholine rings is 1. The number of fused-ring (bicyclic) bond motifs is 1. The Kier molecular flexibility index (Phi) is 4.65. The molecule has 0 bridgehead atoms. The van der Waals surface area contributed by atoms with Crippen molar-refractivity contribution in [3.05, 3.63) is 41.6 Å². The predicted molar refractivity (Wildman–Crippen MR) is 85.2 cm³/mol. The molecule has 1 saturated heterocycles. The molecule has 1 aromatic carbocycles. The number of aromatic nitrogens is 1. The van der Waals surface area contributed by atoms with Gasteiger partial charge in [0.1, 0.15) is 13.1 Å². The number of rotatable bonds is 4. The molecule has 1 aliphatic rings. The van der Waals surface area contributed by atoms with E-state index >= 15 is 0 Å². The van der Waals surface area contributed by atoms with Crippen molar-refractivity contribution in [2.45, 2.75) is 6.92 Å². The van der Waals surface area contributed by atoms with Gasteiger partial charge >= 0.3 is 0 Å². The fraction of sp³-hybridized carbons (Fsp3) is 0.412. The average molecular weight is 300 g/mol. The van der Waals surface area contributed by atoms with E-state index in [9.17, 15) is 4.79 Å². The maximum Gasteiger partial charge on any atom is 0.252 e. The van der Waals surface area contributed by atoms with Crippen LogP contribution in [0, 0.1) is 6.92 Å². The van der Waals surface area contributed by atoms with Crippen molar-refractivity contribution in [2.24, 2.45) is 0 Å². The Hall–Kier alpha value is -1.98. The van der Waals surface area contributed by atoms with Gasteiger partial charge in [0.05, 0.1) is 37.4 Å². The summed E-state index contributed by atoms with van der Waals surface area (Å²) in [6, 6.07) is 9.63. The lowest BCUT2D eigenvalue weighted by Crippen LogP contribution is -3.14. The van der Waals surface area contributed by atoms with Crippen molar-refractivity contribution < 1.29 is 14.4 Å². The topological polar surface area (TPSA) is 55.7 Å². The van der Waals surface area contributed by atoms with Crippen LogP contribution < -0.4 is 10.2 Å². The summed E-state index contributed by atoms with van der Waals surface area (Å²) in [4.78, 5) is 18.4. The number of amides is 1. The van der Waals surface area contributed by atoms with Gasteiger partial charge in [0.15, 0.2) is 0 Å². The molecule has 1 fully saturated rings. The molecule has 5 heteroatoms. The van der Waals surface area contributed by atoms with Crippen LogP contribution in [0.25, 0.3) is 10.9 Å². The normalized spacial score (nSPS) is 15.9. The summed E-state index contributed by atoms with van der Waals surface area (Å²) in [5, 5.41) is 3.94. The molecule has 116 valence electrons. The molecule has 0 atom stereocenters. The highest BCUT2D eigenvalue weighted by Crippen LogP contribution is 2.17. The van der Waals surface area contributed by atoms with Crippen molar-refractivity contribution in [2.75, 3.05) is 39.4 Å². The zero-order valence-electron chi connectivity index (χ0n) is 12.9. The van der Waals surface area contributed by atoms with Crippen molar-refractivity contribution in [1.82, 2.24) is 10.3 Å². The molecule has 1 aliphatic heterocycles. The standard InChI is InChI=1S/C17H21N3O2/c1-13-12-15(14-4-2-3-5-16(14)19-13)17(21)18-6-7-20-8-10-22-11-9-20/h2-5,12H,6-11H2,1H3,(H,18,21)/p+1. The fourth-order valence-corrected chi connectivity index (χ4v) is 2.85. The highest BCUT2D eigenvalue weighted by molar-refractivity contribution is 6.06. The van der Waals surface area contributed by atoms with Crippen molar-refractivity contribution >= 4 is 16.8 Å². The van der Waals surface area contributed by atoms with Crippen LogP contribution in [-0.2, 0) is 4.74 Å². The number of quaternary nitrogens is 1. The van der Waals surface area contributed by atoms with E-state index in [2.05, 4.69) is 10.3 Å². The number of ether oxygens (including phenoxy) is 1. The van der Waals surface area contributed by atoms with E-state index in [1.807, 2.05) is 37.3 Å². The van der Waals surface area contributed by atoms with Gasteiger partial charge in [0.25, 0.3) is 5.91 Å². The molecular formula is C17H22N3O2+. The van der Waals surface area contributed by atoms with Gasteiger partial charge in [-0.05, 0) is 19.1 Å². The first-order valence-electron chi connectivity index (χ1n) is 7.80. The zero-order chi connectivity index (χ0) is 15.4. The molecule has 2 heterocycles. The minimum atomic E-state index is -0.0191. The summed E-state index contributed by atoms with van der Waals surface area (Å²) < 4.78 is 5.34. The van der Waals surface area contributed by atoms with Gasteiger partial charge in [-0.3, -0.25) is 9.78 Å². The third kappa shape index (κ3) is 3.43. The molecule has 1 amide bonds. The van der Waals surface area contributed by atoms with Gasteiger partial charge in [-0.1, -0.05) is 18.2 Å². The van der Waals surface area contributed by atoms with Crippen LogP contribution in [0.5, 0.6) is 0 Å². The molecule has 1 aromatic heterocycles. The van der Waals surface area contributed by atoms with E-state index < -0.39 is 0 Å². The third-order valence-corrected chi connectivity index (χ3v) is 4.05. The summed E-state index contributed by atoms with van der Waals surface area (Å²) in [6.07, 6.45) is 0. The maximum absolute atomic E-state index is 12.5. The number of hydrogen-bond donors (Lipinski definition) is 2. The summed E-state index contributed by atoms with van der Waals surface area (Å²) in [5.74, 6) is -0.0191. The van der Waals surface area contributed by atoms with Crippen LogP contribution >= 0.6 is 0 Å². The van der Waals surface area contributed by atoms with Crippen LogP contribution in [0.15, 0.2) is 30.3 Å². The highest BCUT2D eigenvalue weighted by Gasteiger charge is 2.15. The Bertz CT molecular complexity index is 666. The van der Waals surface area contributed by atoms with E-state index in [1.165, 1.54) is 4.90 Å². The van der Waals surface area contributed by atoms with E-state index in [0.29, 0.717) is 12.1 Å². The molecule has 0 unspecified atom stereocenters. The second-order valence-electron chi connectivity index (χ2n) is 5.70. The molecule has 0 aliphatic carbocycles. The highest BCUT2D eigenvalue weighted by atomic mass is 16.5. The van der Waals surface area contributed by atoms with Gasteiger partial charge in [0, 0.05) is 11.1 Å². The van der Waals surface area contributed by atoms with E-state index in [1.54, 1.807) is 0 Å². The monoisotopic (exact) mass is 300 g/mol. The summed E-state index contributed by atoms with van der Waals surface area (Å²) >= 11 is 0. The molecule has 22 heavy (non-hydrogen) atoms. The number of para-hydroxylation sites is 1. The predicted octanol–water partition coefficient (Wildman–Crippen LogP) is 0.188. The van der Waals surface area contributed by atoms with E-state index in [4.69, 9.17) is 4.74 Å². The quantitative estimate of drug-likeness (QED) is 0.847. The lowest BCUT2D eigenvalue weighted by atomic mass is 10.1. The zero-order valence-corrected chi connectivity index (χ0v) is 12.9. The van der Waals surface area contributed by atoms with Crippen molar-refractivity contribution in [1.29, 1.82) is 0 Å². The van der Waals surface area contributed by atoms with Crippen LogP contribution in [0.4, 0.5) is 0 Å². The van der Waals surface area contributed by atoms with Gasteiger partial charge in [-0.25, -0.2) is 0 Å². The number of carbonyl (C=O) groups excluding carboxylic acids is 1. The van der Waals surface area contributed by atoms with Crippen molar-refractivity contribution in [3.63, 3.8) is 0 Å². The SMILES string of the molecule is Cc1cc(C(=O)NCC[NH+]2CCOCC2)c2ccccc2n1. The average Bonchev–Trinajstić information content (AvgIpc) is 2.55. The first-order valence-corrected chi connectivity index (χ1v) is 7.80. The third-order valence-electron chi connectivity index (χ3n) is 4.05. The molecule has 2 N–H and O–H groups in total. The van der Waals surface area contributed by atoms with E-state index in [-0.39, 0.29) is 5.91 Å². The first-order chi connectivity index (χ1) is 10.7. The number of nitrogens with one attached hydrogen (secondary N) is 2. The number of pyridine rings is 1. The second kappa shape index (κ2) is 6.85. The number of aryl methyl sites for hydroxylation is 1. The van der Waals surface area contributed by atoms with Crippen LogP contribution in [0.2, 0.25) is 0 Å². The van der Waals surface area contributed by atoms with E-state index in [0.717, 1.165) is 49.4 Å². The Morgan fingerprint density at radius 1 is 1.32 bits per heavy atom. The number of nitrogens with zero attached hydrogens (tertiary/aromatic N) is 1. The van der Waals surface area contributed by atoms with Crippen LogP contribution in [-0.4, -0.2) is 50.3 Å². The van der Waals surface area contributed by atoms with Gasteiger partial charge < -0.3 is 15.0 Å². The Morgan fingerprint density at radius 3 is 2.91 bits per heavy atom. The Morgan fingerprint density at radius 2 is 2.09 bits per heavy atom. The Balaban J connectivity index is 1.67. The van der Waals surface area contributed by atoms with Crippen LogP contribution in [0.1, 0.15) is 16.1 Å². The lowest BCUT2D eigenvalue weighted by Gasteiger charge is -2.23. The largest absolute Gasteiger partial charge is 0.370 e. The van der Waals surface area contributed by atoms with Gasteiger partial charge in [-0.15, -0.1) is 0 Å². The Labute approximate surface area is 130 Å². The number of carbonyl (C=O) groups is 1. The second-order valence-corrected chi connectivity index (χ2v) is 5.70. The summed E-state index contributed by atoms with van der Waals surface area (Å²) in [7, 11) is 0. The fourth-order valence-electron chi connectivity index (χ4n) is 2.85. The maximum atomic E-state index is 12.5. The minimum absolute atomic E-state index is 0.0191. The molecular weight excluding hydrogens is 278 g/mol. The number of benzene rings is 1. The van der Waals surface area contributed by atoms with Gasteiger partial charge in [-0.2, -0.15) is 0 Å². The van der Waals surface area contributed by atoms with Gasteiger partial charge in [0.2, 0.25) is 0 Å². The molecule has 0 spiro atoms. The molecule has 0 radical (unpaired) electrons. The van der Waals surface area contributed by atoms with Crippen molar-refractivity contribution in [3.8, 4) is 0 Å². The lowest BCUT2D eigenvalue weighted by molar-refractivity contribution is -0.906. The van der Waals surface area contributed by atoms with Crippen LogP contribution in [0.3, 0.4) is 0 Å². The summed E-state index contributed by atoms with van der Waals surface area (Å²) in [5.41, 5.74) is 2.44. The molecule has 2 aromatic rings. The molecule has 0 saturated carbocycles. The first kappa shape index (κ1) is 14.9.